The fourth-order valence-corrected chi connectivity index (χ4v) is 3.29. The number of aromatic nitrogens is 2. The standard InChI is InChI=1S/C19H15F3N4O2/c20-13-6-12(7-14(21)17(13)22)24-18(27)10-2-4-26(9-10)19(28)16-5-11-8-23-3-1-15(11)25-16/h1,3,5-8,10,25H,2,4,9H2,(H,24,27)/t10-/m0/s1. The third-order valence-corrected chi connectivity index (χ3v) is 4.75. The van der Waals surface area contributed by atoms with Gasteiger partial charge < -0.3 is 15.2 Å². The first-order chi connectivity index (χ1) is 13.4. The Balaban J connectivity index is 1.43. The van der Waals surface area contributed by atoms with Crippen molar-refractivity contribution in [3.8, 4) is 0 Å². The van der Waals surface area contributed by atoms with Crippen LogP contribution in [0, 0.1) is 23.4 Å². The van der Waals surface area contributed by atoms with E-state index in [1.54, 1.807) is 24.5 Å². The number of hydrogen-bond donors (Lipinski definition) is 2. The smallest absolute Gasteiger partial charge is 0.270 e. The lowest BCUT2D eigenvalue weighted by Crippen LogP contribution is -2.31. The number of carbonyl (C=O) groups excluding carboxylic acids is 2. The molecule has 1 fully saturated rings. The highest BCUT2D eigenvalue weighted by Crippen LogP contribution is 2.23. The van der Waals surface area contributed by atoms with Crippen LogP contribution in [0.3, 0.4) is 0 Å². The molecule has 3 aromatic rings. The Hall–Kier alpha value is -3.36. The number of carbonyl (C=O) groups is 2. The Labute approximate surface area is 157 Å². The van der Waals surface area contributed by atoms with E-state index >= 15 is 0 Å². The number of nitrogens with one attached hydrogen (secondary N) is 2. The van der Waals surface area contributed by atoms with Crippen LogP contribution in [0.5, 0.6) is 0 Å². The second kappa shape index (κ2) is 6.99. The van der Waals surface area contributed by atoms with Gasteiger partial charge in [0.1, 0.15) is 5.69 Å². The van der Waals surface area contributed by atoms with E-state index in [-0.39, 0.29) is 18.1 Å². The van der Waals surface area contributed by atoms with Gasteiger partial charge in [-0.3, -0.25) is 14.6 Å². The lowest BCUT2D eigenvalue weighted by Gasteiger charge is -2.15. The van der Waals surface area contributed by atoms with Crippen LogP contribution >= 0.6 is 0 Å². The molecular formula is C19H15F3N4O2. The summed E-state index contributed by atoms with van der Waals surface area (Å²) >= 11 is 0. The van der Waals surface area contributed by atoms with Gasteiger partial charge in [0.2, 0.25) is 5.91 Å². The van der Waals surface area contributed by atoms with Gasteiger partial charge in [-0.15, -0.1) is 0 Å². The van der Waals surface area contributed by atoms with E-state index in [0.717, 1.165) is 10.9 Å². The van der Waals surface area contributed by atoms with Gasteiger partial charge in [0.05, 0.1) is 5.92 Å². The molecule has 1 aliphatic heterocycles. The molecule has 1 saturated heterocycles. The molecule has 0 aliphatic carbocycles. The highest BCUT2D eigenvalue weighted by atomic mass is 19.2. The second-order valence-corrected chi connectivity index (χ2v) is 6.63. The molecule has 9 heteroatoms. The Morgan fingerprint density at radius 2 is 1.93 bits per heavy atom. The molecule has 0 spiro atoms. The zero-order valence-electron chi connectivity index (χ0n) is 14.5. The molecule has 0 bridgehead atoms. The first kappa shape index (κ1) is 18.0. The maximum Gasteiger partial charge on any atom is 0.270 e. The lowest BCUT2D eigenvalue weighted by atomic mass is 10.1. The zero-order chi connectivity index (χ0) is 19.8. The average molecular weight is 388 g/mol. The molecule has 2 aromatic heterocycles. The fraction of sp³-hybridized carbons (Fsp3) is 0.211. The van der Waals surface area contributed by atoms with Crippen molar-refractivity contribution in [3.63, 3.8) is 0 Å². The van der Waals surface area contributed by atoms with Gasteiger partial charge in [-0.25, -0.2) is 13.2 Å². The van der Waals surface area contributed by atoms with E-state index in [1.807, 2.05) is 0 Å². The number of amides is 2. The fourth-order valence-electron chi connectivity index (χ4n) is 3.29. The molecule has 1 aliphatic rings. The predicted octanol–water partition coefficient (Wildman–Crippen LogP) is 3.08. The largest absolute Gasteiger partial charge is 0.350 e. The number of pyridine rings is 1. The van der Waals surface area contributed by atoms with E-state index in [2.05, 4.69) is 15.3 Å². The number of hydrogen-bond acceptors (Lipinski definition) is 3. The molecule has 144 valence electrons. The highest BCUT2D eigenvalue weighted by Gasteiger charge is 2.32. The molecule has 0 unspecified atom stereocenters. The van der Waals surface area contributed by atoms with Crippen molar-refractivity contribution in [2.75, 3.05) is 18.4 Å². The van der Waals surface area contributed by atoms with Crippen molar-refractivity contribution in [3.05, 3.63) is 59.8 Å². The summed E-state index contributed by atoms with van der Waals surface area (Å²) in [5, 5.41) is 3.18. The van der Waals surface area contributed by atoms with Crippen molar-refractivity contribution in [1.29, 1.82) is 0 Å². The van der Waals surface area contributed by atoms with E-state index in [1.165, 1.54) is 4.90 Å². The summed E-state index contributed by atoms with van der Waals surface area (Å²) in [7, 11) is 0. The molecule has 6 nitrogen and oxygen atoms in total. The van der Waals surface area contributed by atoms with Crippen molar-refractivity contribution in [1.82, 2.24) is 14.9 Å². The van der Waals surface area contributed by atoms with Crippen molar-refractivity contribution in [2.24, 2.45) is 5.92 Å². The zero-order valence-corrected chi connectivity index (χ0v) is 14.5. The van der Waals surface area contributed by atoms with Crippen LogP contribution in [0.2, 0.25) is 0 Å². The van der Waals surface area contributed by atoms with Crippen LogP contribution in [-0.2, 0) is 4.79 Å². The van der Waals surface area contributed by atoms with Gasteiger partial charge in [-0.1, -0.05) is 0 Å². The van der Waals surface area contributed by atoms with Crippen LogP contribution in [0.4, 0.5) is 18.9 Å². The molecule has 0 radical (unpaired) electrons. The van der Waals surface area contributed by atoms with Gasteiger partial charge >= 0.3 is 0 Å². The van der Waals surface area contributed by atoms with Crippen LogP contribution in [0.15, 0.2) is 36.7 Å². The van der Waals surface area contributed by atoms with Crippen LogP contribution in [-0.4, -0.2) is 39.8 Å². The van der Waals surface area contributed by atoms with Gasteiger partial charge in [-0.05, 0) is 18.6 Å². The van der Waals surface area contributed by atoms with Crippen LogP contribution in [0.25, 0.3) is 10.9 Å². The Kier molecular flexibility index (Phi) is 4.50. The number of H-pyrrole nitrogens is 1. The van der Waals surface area contributed by atoms with Crippen LogP contribution in [0.1, 0.15) is 16.9 Å². The quantitative estimate of drug-likeness (QED) is 0.677. The normalized spacial score (nSPS) is 16.5. The minimum absolute atomic E-state index is 0.171. The highest BCUT2D eigenvalue weighted by molar-refractivity contribution is 5.99. The summed E-state index contributed by atoms with van der Waals surface area (Å²) < 4.78 is 39.6. The number of halogens is 3. The van der Waals surface area contributed by atoms with E-state index in [0.29, 0.717) is 30.8 Å². The average Bonchev–Trinajstić information content (AvgIpc) is 3.32. The number of fused-ring (bicyclic) bond motifs is 1. The third kappa shape index (κ3) is 3.30. The SMILES string of the molecule is O=C(Nc1cc(F)c(F)c(F)c1)[C@H]1CCN(C(=O)c2cc3cnccc3[nH]2)C1. The molecular weight excluding hydrogens is 373 g/mol. The number of anilines is 1. The first-order valence-corrected chi connectivity index (χ1v) is 8.60. The summed E-state index contributed by atoms with van der Waals surface area (Å²) in [5.74, 6) is -5.62. The minimum Gasteiger partial charge on any atom is -0.350 e. The number of aromatic amines is 1. The maximum absolute atomic E-state index is 13.3. The van der Waals surface area contributed by atoms with E-state index in [9.17, 15) is 22.8 Å². The Morgan fingerprint density at radius 1 is 1.18 bits per heavy atom. The summed E-state index contributed by atoms with van der Waals surface area (Å²) in [4.78, 5) is 33.6. The first-order valence-electron chi connectivity index (χ1n) is 8.60. The number of likely N-dealkylation sites (tertiary alicyclic amines) is 1. The second-order valence-electron chi connectivity index (χ2n) is 6.63. The van der Waals surface area contributed by atoms with E-state index in [4.69, 9.17) is 0 Å². The summed E-state index contributed by atoms with van der Waals surface area (Å²) in [6.45, 7) is 0.543. The molecule has 1 atom stereocenters. The number of nitrogens with zero attached hydrogens (tertiary/aromatic N) is 2. The third-order valence-electron chi connectivity index (χ3n) is 4.75. The van der Waals surface area contributed by atoms with Crippen molar-refractivity contribution >= 4 is 28.4 Å². The van der Waals surface area contributed by atoms with Gasteiger partial charge in [0.15, 0.2) is 17.5 Å². The van der Waals surface area contributed by atoms with E-state index < -0.39 is 29.3 Å². The molecule has 0 saturated carbocycles. The maximum atomic E-state index is 13.3. The summed E-state index contributed by atoms with van der Waals surface area (Å²) in [6, 6.07) is 4.88. The van der Waals surface area contributed by atoms with Crippen LogP contribution < -0.4 is 5.32 Å². The minimum atomic E-state index is -1.59. The Bertz CT molecular complexity index is 1030. The lowest BCUT2D eigenvalue weighted by molar-refractivity contribution is -0.119. The van der Waals surface area contributed by atoms with Gasteiger partial charge in [-0.2, -0.15) is 0 Å². The summed E-state index contributed by atoms with van der Waals surface area (Å²) in [5.41, 5.74) is 1.01. The topological polar surface area (TPSA) is 78.1 Å². The molecule has 28 heavy (non-hydrogen) atoms. The molecule has 4 rings (SSSR count). The van der Waals surface area contributed by atoms with Gasteiger partial charge in [0, 0.05) is 54.2 Å². The van der Waals surface area contributed by atoms with Crippen molar-refractivity contribution < 1.29 is 22.8 Å². The molecule has 3 heterocycles. The van der Waals surface area contributed by atoms with Gasteiger partial charge in [0.25, 0.3) is 5.91 Å². The monoisotopic (exact) mass is 388 g/mol. The predicted molar refractivity (Wildman–Crippen MR) is 95.0 cm³/mol. The molecule has 1 aromatic carbocycles. The number of benzene rings is 1. The Morgan fingerprint density at radius 3 is 2.64 bits per heavy atom. The number of rotatable bonds is 3. The molecule has 2 N–H and O–H groups in total. The summed E-state index contributed by atoms with van der Waals surface area (Å²) in [6.07, 6.45) is 3.67. The van der Waals surface area contributed by atoms with Crippen molar-refractivity contribution in [2.45, 2.75) is 6.42 Å². The molecule has 2 amide bonds.